The highest BCUT2D eigenvalue weighted by Gasteiger charge is 2.43. The number of aliphatic hydroxyl groups is 1. The lowest BCUT2D eigenvalue weighted by Gasteiger charge is -2.42. The third-order valence-corrected chi connectivity index (χ3v) is 4.98. The van der Waals surface area contributed by atoms with Crippen molar-refractivity contribution < 1.29 is 13.9 Å². The Morgan fingerprint density at radius 3 is 2.64 bits per heavy atom. The minimum absolute atomic E-state index is 0.0979. The summed E-state index contributed by atoms with van der Waals surface area (Å²) in [5.41, 5.74) is 0.472. The van der Waals surface area contributed by atoms with Crippen LogP contribution in [0.25, 0.3) is 0 Å². The first-order chi connectivity index (χ1) is 10.5. The molecule has 1 atom stereocenters. The second-order valence-electron chi connectivity index (χ2n) is 6.62. The van der Waals surface area contributed by atoms with Gasteiger partial charge in [0.25, 0.3) is 5.92 Å². The van der Waals surface area contributed by atoms with Crippen LogP contribution in [0.2, 0.25) is 0 Å². The van der Waals surface area contributed by atoms with Gasteiger partial charge < -0.3 is 14.9 Å². The third kappa shape index (κ3) is 2.06. The Bertz CT molecular complexity index is 603. The van der Waals surface area contributed by atoms with Crippen LogP contribution in [-0.2, 0) is 12.3 Å². The molecule has 1 aliphatic carbocycles. The van der Waals surface area contributed by atoms with Crippen LogP contribution in [-0.4, -0.2) is 46.9 Å². The first-order valence-electron chi connectivity index (χ1n) is 7.94. The Labute approximate surface area is 128 Å². The van der Waals surface area contributed by atoms with E-state index >= 15 is 0 Å². The summed E-state index contributed by atoms with van der Waals surface area (Å²) in [6.07, 6.45) is 1.54. The summed E-state index contributed by atoms with van der Waals surface area (Å²) >= 11 is 0. The number of alkyl halides is 2. The average molecular weight is 310 g/mol. The standard InChI is InChI=1S/C15H20F2N4O/c1-9-4-6-21(9)14-18-12-11(3-2-5-15(12,16)17)13(19-14)20-7-10(22)8-20/h9-10,22H,2-8H2,1H3/t9-/m0/s1. The van der Waals surface area contributed by atoms with Gasteiger partial charge in [-0.1, -0.05) is 0 Å². The molecule has 0 unspecified atom stereocenters. The molecule has 22 heavy (non-hydrogen) atoms. The minimum Gasteiger partial charge on any atom is -0.389 e. The normalized spacial score (nSPS) is 27.2. The Morgan fingerprint density at radius 1 is 1.27 bits per heavy atom. The smallest absolute Gasteiger partial charge is 0.290 e. The van der Waals surface area contributed by atoms with Crippen molar-refractivity contribution in [1.29, 1.82) is 0 Å². The van der Waals surface area contributed by atoms with E-state index in [1.807, 2.05) is 9.80 Å². The highest BCUT2D eigenvalue weighted by molar-refractivity contribution is 5.57. The Balaban J connectivity index is 1.80. The second-order valence-corrected chi connectivity index (χ2v) is 6.62. The molecule has 4 rings (SSSR count). The van der Waals surface area contributed by atoms with Crippen LogP contribution in [0.15, 0.2) is 0 Å². The molecule has 1 N–H and O–H groups in total. The van der Waals surface area contributed by atoms with Crippen molar-refractivity contribution in [2.75, 3.05) is 29.4 Å². The van der Waals surface area contributed by atoms with Crippen molar-refractivity contribution in [1.82, 2.24) is 9.97 Å². The minimum atomic E-state index is -2.88. The van der Waals surface area contributed by atoms with Gasteiger partial charge in [0.15, 0.2) is 0 Å². The topological polar surface area (TPSA) is 52.5 Å². The number of nitrogens with zero attached hydrogens (tertiary/aromatic N) is 4. The van der Waals surface area contributed by atoms with Crippen molar-refractivity contribution >= 4 is 11.8 Å². The molecule has 0 spiro atoms. The summed E-state index contributed by atoms with van der Waals surface area (Å²) in [6.45, 7) is 3.79. The molecule has 0 aromatic carbocycles. The summed E-state index contributed by atoms with van der Waals surface area (Å²) in [6, 6.07) is 0.296. The first kappa shape index (κ1) is 14.1. The first-order valence-corrected chi connectivity index (χ1v) is 7.94. The molecule has 2 aliphatic heterocycles. The number of halogens is 2. The summed E-state index contributed by atoms with van der Waals surface area (Å²) in [5.74, 6) is -1.86. The van der Waals surface area contributed by atoms with Crippen molar-refractivity contribution in [3.05, 3.63) is 11.3 Å². The van der Waals surface area contributed by atoms with E-state index in [2.05, 4.69) is 16.9 Å². The van der Waals surface area contributed by atoms with Gasteiger partial charge in [-0.2, -0.15) is 13.8 Å². The molecule has 0 amide bonds. The van der Waals surface area contributed by atoms with E-state index in [-0.39, 0.29) is 18.2 Å². The molecular formula is C15H20F2N4O. The summed E-state index contributed by atoms with van der Waals surface area (Å²) in [5, 5.41) is 9.52. The molecule has 2 fully saturated rings. The fourth-order valence-corrected chi connectivity index (χ4v) is 3.43. The molecular weight excluding hydrogens is 290 g/mol. The van der Waals surface area contributed by atoms with Crippen LogP contribution in [0.3, 0.4) is 0 Å². The van der Waals surface area contributed by atoms with Gasteiger partial charge in [-0.05, 0) is 26.2 Å². The summed E-state index contributed by atoms with van der Waals surface area (Å²) < 4.78 is 28.7. The highest BCUT2D eigenvalue weighted by atomic mass is 19.3. The Kier molecular flexibility index (Phi) is 3.04. The Hall–Kier alpha value is -1.50. The molecule has 0 saturated carbocycles. The number of hydrogen-bond donors (Lipinski definition) is 1. The van der Waals surface area contributed by atoms with E-state index in [4.69, 9.17) is 0 Å². The number of fused-ring (bicyclic) bond motifs is 1. The van der Waals surface area contributed by atoms with Crippen LogP contribution in [0.5, 0.6) is 0 Å². The van der Waals surface area contributed by atoms with Crippen LogP contribution in [0.1, 0.15) is 37.4 Å². The average Bonchev–Trinajstić information content (AvgIpc) is 2.42. The molecule has 2 saturated heterocycles. The van der Waals surface area contributed by atoms with Gasteiger partial charge in [-0.3, -0.25) is 0 Å². The van der Waals surface area contributed by atoms with Gasteiger partial charge in [-0.25, -0.2) is 4.98 Å². The molecule has 3 aliphatic rings. The molecule has 1 aromatic rings. The quantitative estimate of drug-likeness (QED) is 0.901. The molecule has 1 aromatic heterocycles. The SMILES string of the molecule is C[C@H]1CCN1c1nc(N2CC(O)C2)c2c(n1)C(F)(F)CCC2. The monoisotopic (exact) mass is 310 g/mol. The molecule has 5 nitrogen and oxygen atoms in total. The molecule has 7 heteroatoms. The van der Waals surface area contributed by atoms with Gasteiger partial charge in [0.1, 0.15) is 11.5 Å². The Morgan fingerprint density at radius 2 is 2.05 bits per heavy atom. The number of anilines is 2. The van der Waals surface area contributed by atoms with E-state index in [1.165, 1.54) is 0 Å². The fourth-order valence-electron chi connectivity index (χ4n) is 3.43. The van der Waals surface area contributed by atoms with Gasteiger partial charge >= 0.3 is 0 Å². The third-order valence-electron chi connectivity index (χ3n) is 4.98. The van der Waals surface area contributed by atoms with E-state index in [1.54, 1.807) is 0 Å². The maximum atomic E-state index is 14.3. The highest BCUT2D eigenvalue weighted by Crippen LogP contribution is 2.43. The molecule has 120 valence electrons. The number of hydrogen-bond acceptors (Lipinski definition) is 5. The van der Waals surface area contributed by atoms with E-state index in [9.17, 15) is 13.9 Å². The lowest BCUT2D eigenvalue weighted by Crippen LogP contribution is -2.52. The predicted molar refractivity (Wildman–Crippen MR) is 78.5 cm³/mol. The van der Waals surface area contributed by atoms with Crippen molar-refractivity contribution in [2.45, 2.75) is 50.7 Å². The second kappa shape index (κ2) is 4.75. The van der Waals surface area contributed by atoms with Crippen LogP contribution >= 0.6 is 0 Å². The molecule has 0 bridgehead atoms. The number of aromatic nitrogens is 2. The lowest BCUT2D eigenvalue weighted by atomic mass is 9.92. The van der Waals surface area contributed by atoms with E-state index in [0.717, 1.165) is 13.0 Å². The molecule has 3 heterocycles. The zero-order valence-corrected chi connectivity index (χ0v) is 12.6. The fraction of sp³-hybridized carbons (Fsp3) is 0.733. The number of aliphatic hydroxyl groups excluding tert-OH is 1. The van der Waals surface area contributed by atoms with E-state index in [0.29, 0.717) is 49.3 Å². The molecule has 0 radical (unpaired) electrons. The van der Waals surface area contributed by atoms with Crippen molar-refractivity contribution in [3.63, 3.8) is 0 Å². The summed E-state index contributed by atoms with van der Waals surface area (Å²) in [4.78, 5) is 12.7. The zero-order valence-electron chi connectivity index (χ0n) is 12.6. The largest absolute Gasteiger partial charge is 0.389 e. The summed E-state index contributed by atoms with van der Waals surface area (Å²) in [7, 11) is 0. The van der Waals surface area contributed by atoms with Gasteiger partial charge in [0.2, 0.25) is 5.95 Å². The van der Waals surface area contributed by atoms with Crippen LogP contribution in [0, 0.1) is 0 Å². The van der Waals surface area contributed by atoms with Gasteiger partial charge in [0, 0.05) is 37.7 Å². The zero-order chi connectivity index (χ0) is 15.5. The van der Waals surface area contributed by atoms with Gasteiger partial charge in [-0.15, -0.1) is 0 Å². The van der Waals surface area contributed by atoms with Gasteiger partial charge in [0.05, 0.1) is 6.10 Å². The van der Waals surface area contributed by atoms with Crippen molar-refractivity contribution in [2.24, 2.45) is 0 Å². The maximum absolute atomic E-state index is 14.3. The van der Waals surface area contributed by atoms with E-state index < -0.39 is 5.92 Å². The lowest BCUT2D eigenvalue weighted by molar-refractivity contribution is -0.0263. The van der Waals surface area contributed by atoms with Crippen LogP contribution < -0.4 is 9.80 Å². The van der Waals surface area contributed by atoms with Crippen molar-refractivity contribution in [3.8, 4) is 0 Å². The maximum Gasteiger partial charge on any atom is 0.290 e. The number of rotatable bonds is 2. The number of β-amino-alcohol motifs (C(OH)–C–C–N with tert-alkyl or cyclic N) is 1. The predicted octanol–water partition coefficient (Wildman–Crippen LogP) is 1.68. The van der Waals surface area contributed by atoms with Crippen LogP contribution in [0.4, 0.5) is 20.5 Å².